The van der Waals surface area contributed by atoms with Crippen LogP contribution in [0.1, 0.15) is 55.9 Å². The number of hydrogen-bond donors (Lipinski definition) is 1. The molecule has 0 aliphatic rings. The van der Waals surface area contributed by atoms with Crippen LogP contribution in [-0.2, 0) is 32.6 Å². The molecule has 0 aliphatic heterocycles. The Morgan fingerprint density at radius 3 is 2.00 bits per heavy atom. The topological polar surface area (TPSA) is 86.8 Å². The molecule has 0 radical (unpaired) electrons. The molecule has 0 fully saturated rings. The predicted octanol–water partition coefficient (Wildman–Crippen LogP) is 5.05. The van der Waals surface area contributed by atoms with Gasteiger partial charge in [0.05, 0.1) is 11.9 Å². The van der Waals surface area contributed by atoms with Crippen molar-refractivity contribution in [2.75, 3.05) is 17.1 Å². The number of hydrogen-bond acceptors (Lipinski definition) is 4. The van der Waals surface area contributed by atoms with E-state index in [1.54, 1.807) is 12.1 Å². The van der Waals surface area contributed by atoms with Gasteiger partial charge in [-0.25, -0.2) is 8.42 Å². The van der Waals surface area contributed by atoms with Crippen molar-refractivity contribution in [1.29, 1.82) is 0 Å². The lowest BCUT2D eigenvalue weighted by Crippen LogP contribution is -2.54. The highest BCUT2D eigenvalue weighted by atomic mass is 32.2. The maximum absolute atomic E-state index is 14.2. The van der Waals surface area contributed by atoms with E-state index >= 15 is 0 Å². The Labute approximate surface area is 239 Å². The first-order valence-electron chi connectivity index (χ1n) is 13.6. The van der Waals surface area contributed by atoms with Gasteiger partial charge in [0.15, 0.2) is 0 Å². The number of nitrogens with one attached hydrogen (secondary N) is 1. The molecule has 0 heterocycles. The number of benzene rings is 3. The van der Waals surface area contributed by atoms with Gasteiger partial charge in [-0.3, -0.25) is 13.9 Å². The molecule has 0 saturated heterocycles. The molecule has 0 saturated carbocycles. The van der Waals surface area contributed by atoms with E-state index in [0.717, 1.165) is 32.8 Å². The van der Waals surface area contributed by atoms with Crippen molar-refractivity contribution in [2.24, 2.45) is 0 Å². The highest BCUT2D eigenvalue weighted by molar-refractivity contribution is 7.92. The fourth-order valence-corrected chi connectivity index (χ4v) is 5.49. The normalized spacial score (nSPS) is 12.3. The third-order valence-electron chi connectivity index (χ3n) is 6.68. The van der Waals surface area contributed by atoms with E-state index in [2.05, 4.69) is 5.32 Å². The van der Waals surface area contributed by atoms with Crippen LogP contribution in [0.2, 0.25) is 0 Å². The third-order valence-corrected chi connectivity index (χ3v) is 7.81. The molecule has 7 nitrogen and oxygen atoms in total. The van der Waals surface area contributed by atoms with E-state index in [4.69, 9.17) is 0 Å². The minimum atomic E-state index is -3.82. The van der Waals surface area contributed by atoms with Crippen molar-refractivity contribution in [3.05, 3.63) is 101 Å². The summed E-state index contributed by atoms with van der Waals surface area (Å²) in [5, 5.41) is 2.97. The molecule has 3 rings (SSSR count). The largest absolute Gasteiger partial charge is 0.352 e. The lowest BCUT2D eigenvalue weighted by molar-refractivity contribution is -0.140. The van der Waals surface area contributed by atoms with Crippen molar-refractivity contribution in [1.82, 2.24) is 10.2 Å². The Morgan fingerprint density at radius 1 is 0.825 bits per heavy atom. The van der Waals surface area contributed by atoms with Crippen LogP contribution in [0.4, 0.5) is 5.69 Å². The Balaban J connectivity index is 2.09. The monoisotopic (exact) mass is 563 g/mol. The van der Waals surface area contributed by atoms with Crippen molar-refractivity contribution in [3.63, 3.8) is 0 Å². The molecule has 2 amide bonds. The van der Waals surface area contributed by atoms with E-state index < -0.39 is 28.5 Å². The predicted molar refractivity (Wildman–Crippen MR) is 162 cm³/mol. The highest BCUT2D eigenvalue weighted by Gasteiger charge is 2.33. The SMILES string of the molecule is Cc1ccc(CN(C(=O)CN(c2ccccc2C(C)C)S(C)(=O)=O)[C@@H](Cc2ccccc2)C(=O)NC(C)C)cc1. The number of amides is 2. The second-order valence-corrected chi connectivity index (χ2v) is 12.8. The number of rotatable bonds is 12. The first-order chi connectivity index (χ1) is 18.9. The molecule has 0 unspecified atom stereocenters. The molecular weight excluding hydrogens is 522 g/mol. The summed E-state index contributed by atoms with van der Waals surface area (Å²) in [4.78, 5) is 29.3. The number of nitrogens with zero attached hydrogens (tertiary/aromatic N) is 2. The zero-order chi connectivity index (χ0) is 29.4. The van der Waals surface area contributed by atoms with Gasteiger partial charge >= 0.3 is 0 Å². The molecule has 3 aromatic carbocycles. The summed E-state index contributed by atoms with van der Waals surface area (Å²) >= 11 is 0. The van der Waals surface area contributed by atoms with Gasteiger partial charge in [0.1, 0.15) is 12.6 Å². The van der Waals surface area contributed by atoms with Crippen molar-refractivity contribution in [2.45, 2.75) is 65.6 Å². The maximum atomic E-state index is 14.2. The fraction of sp³-hybridized carbons (Fsp3) is 0.375. The van der Waals surface area contributed by atoms with Crippen LogP contribution in [0, 0.1) is 6.92 Å². The van der Waals surface area contributed by atoms with Crippen LogP contribution in [0.25, 0.3) is 0 Å². The van der Waals surface area contributed by atoms with Crippen LogP contribution in [0.5, 0.6) is 0 Å². The Bertz CT molecular complexity index is 1390. The molecule has 0 aromatic heterocycles. The van der Waals surface area contributed by atoms with E-state index in [0.29, 0.717) is 12.1 Å². The molecule has 0 aliphatic carbocycles. The van der Waals surface area contributed by atoms with Gasteiger partial charge in [-0.2, -0.15) is 0 Å². The minimum Gasteiger partial charge on any atom is -0.352 e. The standard InChI is InChI=1S/C32H41N3O4S/c1-23(2)28-14-10-11-15-29(28)35(40(6,38)39)22-31(36)34(21-27-18-16-25(5)17-19-27)30(32(37)33-24(3)4)20-26-12-8-7-9-13-26/h7-19,23-24,30H,20-22H2,1-6H3,(H,33,37)/t30-/m0/s1. The summed E-state index contributed by atoms with van der Waals surface area (Å²) in [6.45, 7) is 9.43. The van der Waals surface area contributed by atoms with Crippen molar-refractivity contribution < 1.29 is 18.0 Å². The van der Waals surface area contributed by atoms with Crippen molar-refractivity contribution >= 4 is 27.5 Å². The molecule has 1 atom stereocenters. The van der Waals surface area contributed by atoms with Crippen LogP contribution < -0.4 is 9.62 Å². The second-order valence-electron chi connectivity index (χ2n) is 10.9. The quantitative estimate of drug-likeness (QED) is 0.334. The molecule has 8 heteroatoms. The first-order valence-corrected chi connectivity index (χ1v) is 15.5. The molecule has 214 valence electrons. The molecular formula is C32H41N3O4S. The van der Waals surface area contributed by atoms with E-state index in [9.17, 15) is 18.0 Å². The molecule has 3 aromatic rings. The number of para-hydroxylation sites is 1. The van der Waals surface area contributed by atoms with Crippen LogP contribution in [-0.4, -0.2) is 50.0 Å². The summed E-state index contributed by atoms with van der Waals surface area (Å²) < 4.78 is 27.3. The van der Waals surface area contributed by atoms with Crippen LogP contribution in [0.15, 0.2) is 78.9 Å². The van der Waals surface area contributed by atoms with E-state index in [-0.39, 0.29) is 24.4 Å². The van der Waals surface area contributed by atoms with Gasteiger partial charge in [-0.15, -0.1) is 0 Å². The Morgan fingerprint density at radius 2 is 1.43 bits per heavy atom. The Kier molecular flexibility index (Phi) is 10.5. The lowest BCUT2D eigenvalue weighted by Gasteiger charge is -2.34. The Hall–Kier alpha value is -3.65. The summed E-state index contributed by atoms with van der Waals surface area (Å²) in [5.74, 6) is -0.695. The minimum absolute atomic E-state index is 0.0434. The number of carbonyl (C=O) groups is 2. The van der Waals surface area contributed by atoms with Crippen LogP contribution in [0.3, 0.4) is 0 Å². The fourth-order valence-electron chi connectivity index (χ4n) is 4.62. The van der Waals surface area contributed by atoms with Gasteiger partial charge in [-0.05, 0) is 49.4 Å². The first kappa shape index (κ1) is 30.9. The van der Waals surface area contributed by atoms with Gasteiger partial charge in [0, 0.05) is 19.0 Å². The van der Waals surface area contributed by atoms with Crippen LogP contribution >= 0.6 is 0 Å². The smallest absolute Gasteiger partial charge is 0.244 e. The molecule has 0 spiro atoms. The average molecular weight is 564 g/mol. The summed E-state index contributed by atoms with van der Waals surface area (Å²) in [7, 11) is -3.82. The number of aryl methyl sites for hydroxylation is 1. The maximum Gasteiger partial charge on any atom is 0.244 e. The van der Waals surface area contributed by atoms with Gasteiger partial charge < -0.3 is 10.2 Å². The zero-order valence-corrected chi connectivity index (χ0v) is 25.1. The van der Waals surface area contributed by atoms with Gasteiger partial charge in [0.25, 0.3) is 0 Å². The number of carbonyl (C=O) groups excluding carboxylic acids is 2. The summed E-state index contributed by atoms with van der Waals surface area (Å²) in [6.07, 6.45) is 1.40. The molecule has 1 N–H and O–H groups in total. The summed E-state index contributed by atoms with van der Waals surface area (Å²) in [6, 6.07) is 23.6. The highest BCUT2D eigenvalue weighted by Crippen LogP contribution is 2.29. The van der Waals surface area contributed by atoms with Gasteiger partial charge in [0.2, 0.25) is 21.8 Å². The second kappa shape index (κ2) is 13.6. The number of anilines is 1. The molecule has 0 bridgehead atoms. The third kappa shape index (κ3) is 8.42. The zero-order valence-electron chi connectivity index (χ0n) is 24.3. The van der Waals surface area contributed by atoms with Gasteiger partial charge in [-0.1, -0.05) is 92.2 Å². The van der Waals surface area contributed by atoms with E-state index in [1.807, 2.05) is 101 Å². The lowest BCUT2D eigenvalue weighted by atomic mass is 10.0. The number of sulfonamides is 1. The summed E-state index contributed by atoms with van der Waals surface area (Å²) in [5.41, 5.74) is 4.12. The van der Waals surface area contributed by atoms with Crippen molar-refractivity contribution in [3.8, 4) is 0 Å². The molecule has 40 heavy (non-hydrogen) atoms. The van der Waals surface area contributed by atoms with E-state index in [1.165, 1.54) is 4.90 Å². The average Bonchev–Trinajstić information content (AvgIpc) is 2.89.